The van der Waals surface area contributed by atoms with E-state index < -0.39 is 0 Å². The Morgan fingerprint density at radius 3 is 2.85 bits per heavy atom. The first-order valence-corrected chi connectivity index (χ1v) is 4.54. The van der Waals surface area contributed by atoms with Crippen molar-refractivity contribution in [2.75, 3.05) is 0 Å². The van der Waals surface area contributed by atoms with Crippen LogP contribution in [0.2, 0.25) is 0 Å². The van der Waals surface area contributed by atoms with Gasteiger partial charge in [0.2, 0.25) is 0 Å². The molecule has 2 aliphatic rings. The summed E-state index contributed by atoms with van der Waals surface area (Å²) in [6.45, 7) is 0. The summed E-state index contributed by atoms with van der Waals surface area (Å²) >= 11 is 0. The van der Waals surface area contributed by atoms with Crippen LogP contribution < -0.4 is 5.48 Å². The molecule has 13 heavy (non-hydrogen) atoms. The Labute approximate surface area is 76.3 Å². The molecular formula is C10H11NO2. The largest absolute Gasteiger partial charge is 0.364 e. The molecule has 3 nitrogen and oxygen atoms in total. The standard InChI is InChI=1S/C10H11NO2/c12-11-8-5-9-6-3-1-2-4-7(6)10(8)13-9/h1-4,8-12H,5H2/t8-,9+,10+/m1/s1. The zero-order chi connectivity index (χ0) is 8.84. The van der Waals surface area contributed by atoms with Crippen molar-refractivity contribution in [1.29, 1.82) is 0 Å². The summed E-state index contributed by atoms with van der Waals surface area (Å²) in [4.78, 5) is 0. The van der Waals surface area contributed by atoms with Gasteiger partial charge in [0.05, 0.1) is 12.1 Å². The van der Waals surface area contributed by atoms with Crippen LogP contribution in [0.4, 0.5) is 0 Å². The molecule has 0 amide bonds. The Bertz CT molecular complexity index is 337. The quantitative estimate of drug-likeness (QED) is 0.639. The first kappa shape index (κ1) is 7.50. The SMILES string of the molecule is ON[C@@H]1C[C@@H]2O[C@H]1c1ccccc12. The van der Waals surface area contributed by atoms with Gasteiger partial charge in [0.25, 0.3) is 0 Å². The number of benzene rings is 1. The van der Waals surface area contributed by atoms with Crippen molar-refractivity contribution in [1.82, 2.24) is 5.48 Å². The summed E-state index contributed by atoms with van der Waals surface area (Å²) in [5.41, 5.74) is 4.83. The maximum Gasteiger partial charge on any atom is 0.101 e. The van der Waals surface area contributed by atoms with Crippen molar-refractivity contribution in [3.8, 4) is 0 Å². The van der Waals surface area contributed by atoms with E-state index in [1.54, 1.807) is 0 Å². The van der Waals surface area contributed by atoms with Crippen LogP contribution in [0.1, 0.15) is 29.8 Å². The van der Waals surface area contributed by atoms with Gasteiger partial charge in [0.1, 0.15) is 6.10 Å². The van der Waals surface area contributed by atoms with Crippen molar-refractivity contribution in [3.05, 3.63) is 35.4 Å². The molecule has 1 saturated heterocycles. The number of hydroxylamine groups is 1. The lowest BCUT2D eigenvalue weighted by Crippen LogP contribution is -2.30. The van der Waals surface area contributed by atoms with E-state index in [-0.39, 0.29) is 18.2 Å². The molecule has 1 aromatic carbocycles. The molecule has 68 valence electrons. The fourth-order valence-corrected chi connectivity index (χ4v) is 2.36. The average molecular weight is 177 g/mol. The van der Waals surface area contributed by atoms with E-state index in [0.717, 1.165) is 6.42 Å². The molecule has 0 saturated carbocycles. The minimum absolute atomic E-state index is 0.0474. The van der Waals surface area contributed by atoms with Gasteiger partial charge < -0.3 is 9.94 Å². The van der Waals surface area contributed by atoms with Gasteiger partial charge in [0.15, 0.2) is 0 Å². The molecule has 2 heterocycles. The zero-order valence-corrected chi connectivity index (χ0v) is 7.10. The zero-order valence-electron chi connectivity index (χ0n) is 7.10. The fraction of sp³-hybridized carbons (Fsp3) is 0.400. The molecule has 3 heteroatoms. The molecule has 2 N–H and O–H groups in total. The second-order valence-electron chi connectivity index (χ2n) is 3.65. The predicted molar refractivity (Wildman–Crippen MR) is 46.3 cm³/mol. The van der Waals surface area contributed by atoms with E-state index in [1.807, 2.05) is 12.1 Å². The number of hydrogen-bond acceptors (Lipinski definition) is 3. The van der Waals surface area contributed by atoms with Crippen molar-refractivity contribution >= 4 is 0 Å². The Kier molecular flexibility index (Phi) is 1.47. The summed E-state index contributed by atoms with van der Waals surface area (Å²) < 4.78 is 5.72. The second-order valence-corrected chi connectivity index (χ2v) is 3.65. The Morgan fingerprint density at radius 2 is 2.08 bits per heavy atom. The van der Waals surface area contributed by atoms with Gasteiger partial charge in [-0.15, -0.1) is 0 Å². The highest BCUT2D eigenvalue weighted by Gasteiger charge is 2.44. The van der Waals surface area contributed by atoms with Gasteiger partial charge in [-0.3, -0.25) is 0 Å². The van der Waals surface area contributed by atoms with Gasteiger partial charge in [-0.1, -0.05) is 24.3 Å². The molecular weight excluding hydrogens is 166 g/mol. The number of hydrogen-bond donors (Lipinski definition) is 2. The van der Waals surface area contributed by atoms with Crippen LogP contribution in [0.5, 0.6) is 0 Å². The minimum atomic E-state index is 0.0474. The number of nitrogens with one attached hydrogen (secondary N) is 1. The highest BCUT2D eigenvalue weighted by molar-refractivity contribution is 5.38. The van der Waals surface area contributed by atoms with Crippen LogP contribution in [0.25, 0.3) is 0 Å². The Morgan fingerprint density at radius 1 is 1.31 bits per heavy atom. The molecule has 1 fully saturated rings. The van der Waals surface area contributed by atoms with Crippen molar-refractivity contribution < 1.29 is 9.94 Å². The Hall–Kier alpha value is -0.900. The van der Waals surface area contributed by atoms with Crippen LogP contribution in [-0.2, 0) is 4.74 Å². The van der Waals surface area contributed by atoms with Crippen molar-refractivity contribution in [2.24, 2.45) is 0 Å². The summed E-state index contributed by atoms with van der Waals surface area (Å²) in [6, 6.07) is 8.29. The smallest absolute Gasteiger partial charge is 0.101 e. The maximum absolute atomic E-state index is 8.88. The second kappa shape index (κ2) is 2.54. The topological polar surface area (TPSA) is 41.5 Å². The van der Waals surface area contributed by atoms with Crippen molar-refractivity contribution in [3.63, 3.8) is 0 Å². The van der Waals surface area contributed by atoms with Gasteiger partial charge >= 0.3 is 0 Å². The third kappa shape index (κ3) is 0.892. The molecule has 3 atom stereocenters. The summed E-state index contributed by atoms with van der Waals surface area (Å²) in [5, 5.41) is 8.88. The van der Waals surface area contributed by atoms with E-state index in [1.165, 1.54) is 11.1 Å². The molecule has 2 aliphatic heterocycles. The third-order valence-corrected chi connectivity index (χ3v) is 2.96. The van der Waals surface area contributed by atoms with E-state index in [4.69, 9.17) is 9.94 Å². The molecule has 2 bridgehead atoms. The maximum atomic E-state index is 8.88. The molecule has 3 rings (SSSR count). The molecule has 0 unspecified atom stereocenters. The summed E-state index contributed by atoms with van der Waals surface area (Å²) in [6.07, 6.45) is 1.11. The van der Waals surface area contributed by atoms with E-state index in [9.17, 15) is 0 Å². The van der Waals surface area contributed by atoms with Gasteiger partial charge in [-0.05, 0) is 17.5 Å². The highest BCUT2D eigenvalue weighted by atomic mass is 16.5. The summed E-state index contributed by atoms with van der Waals surface area (Å²) in [7, 11) is 0. The lowest BCUT2D eigenvalue weighted by molar-refractivity contribution is 0.0394. The number of ether oxygens (including phenoxy) is 1. The lowest BCUT2D eigenvalue weighted by Gasteiger charge is -2.19. The van der Waals surface area contributed by atoms with Crippen LogP contribution >= 0.6 is 0 Å². The average Bonchev–Trinajstić information content (AvgIpc) is 2.75. The first-order valence-electron chi connectivity index (χ1n) is 4.54. The lowest BCUT2D eigenvalue weighted by atomic mass is 9.89. The monoisotopic (exact) mass is 177 g/mol. The molecule has 0 aliphatic carbocycles. The van der Waals surface area contributed by atoms with Crippen LogP contribution in [0.15, 0.2) is 24.3 Å². The number of rotatable bonds is 1. The van der Waals surface area contributed by atoms with E-state index >= 15 is 0 Å². The third-order valence-electron chi connectivity index (χ3n) is 2.96. The van der Waals surface area contributed by atoms with E-state index in [0.29, 0.717) is 0 Å². The normalized spacial score (nSPS) is 35.0. The van der Waals surface area contributed by atoms with Crippen LogP contribution in [0, 0.1) is 0 Å². The fourth-order valence-electron chi connectivity index (χ4n) is 2.36. The molecule has 0 radical (unpaired) electrons. The summed E-state index contributed by atoms with van der Waals surface area (Å²) in [5.74, 6) is 0. The predicted octanol–water partition coefficient (Wildman–Crippen LogP) is 1.55. The molecule has 0 aromatic heterocycles. The van der Waals surface area contributed by atoms with Crippen LogP contribution in [-0.4, -0.2) is 11.2 Å². The highest BCUT2D eigenvalue weighted by Crippen LogP contribution is 2.50. The van der Waals surface area contributed by atoms with E-state index in [2.05, 4.69) is 17.6 Å². The molecule has 0 spiro atoms. The first-order chi connectivity index (χ1) is 6.40. The van der Waals surface area contributed by atoms with Crippen LogP contribution in [0.3, 0.4) is 0 Å². The Balaban J connectivity index is 2.07. The van der Waals surface area contributed by atoms with Gasteiger partial charge in [0, 0.05) is 0 Å². The van der Waals surface area contributed by atoms with Gasteiger partial charge in [-0.2, -0.15) is 5.48 Å². The minimum Gasteiger partial charge on any atom is -0.364 e. The van der Waals surface area contributed by atoms with Crippen molar-refractivity contribution in [2.45, 2.75) is 24.7 Å². The molecule has 1 aromatic rings. The van der Waals surface area contributed by atoms with Gasteiger partial charge in [-0.25, -0.2) is 0 Å². The number of fused-ring (bicyclic) bond motifs is 5.